The van der Waals surface area contributed by atoms with Crippen molar-refractivity contribution in [3.8, 4) is 0 Å². The van der Waals surface area contributed by atoms with Crippen LogP contribution in [0.2, 0.25) is 0 Å². The van der Waals surface area contributed by atoms with Crippen molar-refractivity contribution in [3.63, 3.8) is 0 Å². The molecule has 0 aliphatic rings. The van der Waals surface area contributed by atoms with E-state index in [0.717, 1.165) is 28.2 Å². The van der Waals surface area contributed by atoms with Crippen LogP contribution in [0.25, 0.3) is 21.9 Å². The highest BCUT2D eigenvalue weighted by molar-refractivity contribution is 7.92. The van der Waals surface area contributed by atoms with Crippen LogP contribution in [0.3, 0.4) is 0 Å². The Bertz CT molecular complexity index is 1320. The minimum atomic E-state index is -3.43. The van der Waals surface area contributed by atoms with E-state index in [9.17, 15) is 13.2 Å². The van der Waals surface area contributed by atoms with Gasteiger partial charge >= 0.3 is 0 Å². The summed E-state index contributed by atoms with van der Waals surface area (Å²) in [5.74, 6) is -0.341. The molecule has 142 valence electrons. The van der Waals surface area contributed by atoms with Gasteiger partial charge in [0.2, 0.25) is 10.0 Å². The van der Waals surface area contributed by atoms with Crippen molar-refractivity contribution < 1.29 is 17.6 Å². The number of aryl methyl sites for hydroxylation is 1. The van der Waals surface area contributed by atoms with E-state index in [4.69, 9.17) is 4.42 Å². The number of amides is 1. The fraction of sp³-hybridized carbons (Fsp3) is 0.0952. The maximum Gasteiger partial charge on any atom is 0.255 e. The highest BCUT2D eigenvalue weighted by Crippen LogP contribution is 2.30. The number of benzene rings is 3. The zero-order valence-corrected chi connectivity index (χ0v) is 16.1. The molecule has 0 aliphatic carbocycles. The average molecular weight is 394 g/mol. The van der Waals surface area contributed by atoms with Crippen LogP contribution in [0.4, 0.5) is 11.4 Å². The summed E-state index contributed by atoms with van der Waals surface area (Å²) < 4.78 is 31.3. The molecule has 0 bridgehead atoms. The largest absolute Gasteiger partial charge is 0.456 e. The van der Waals surface area contributed by atoms with Crippen molar-refractivity contribution in [2.24, 2.45) is 0 Å². The van der Waals surface area contributed by atoms with Crippen LogP contribution < -0.4 is 10.0 Å². The zero-order chi connectivity index (χ0) is 19.9. The summed E-state index contributed by atoms with van der Waals surface area (Å²) >= 11 is 0. The molecule has 1 heterocycles. The van der Waals surface area contributed by atoms with Crippen LogP contribution in [0.1, 0.15) is 15.9 Å². The van der Waals surface area contributed by atoms with Gasteiger partial charge in [0.1, 0.15) is 11.2 Å². The normalized spacial score (nSPS) is 11.6. The van der Waals surface area contributed by atoms with Crippen molar-refractivity contribution in [3.05, 3.63) is 71.8 Å². The fourth-order valence-electron chi connectivity index (χ4n) is 3.08. The number of fused-ring (bicyclic) bond motifs is 3. The average Bonchev–Trinajstić information content (AvgIpc) is 3.00. The van der Waals surface area contributed by atoms with Gasteiger partial charge in [0.05, 0.1) is 11.9 Å². The van der Waals surface area contributed by atoms with Crippen molar-refractivity contribution in [2.45, 2.75) is 6.92 Å². The number of sulfonamides is 1. The molecule has 0 saturated carbocycles. The molecule has 4 aromatic rings. The number of para-hydroxylation sites is 1. The molecule has 28 heavy (non-hydrogen) atoms. The number of nitrogens with one attached hydrogen (secondary N) is 2. The molecular weight excluding hydrogens is 376 g/mol. The molecular formula is C21H18N2O4S. The minimum absolute atomic E-state index is 0.341. The third-order valence-electron chi connectivity index (χ3n) is 4.43. The lowest BCUT2D eigenvalue weighted by atomic mass is 10.1. The molecule has 1 amide bonds. The first-order valence-corrected chi connectivity index (χ1v) is 10.5. The molecule has 0 atom stereocenters. The predicted molar refractivity (Wildman–Crippen MR) is 111 cm³/mol. The summed E-state index contributed by atoms with van der Waals surface area (Å²) in [6, 6.07) is 18.1. The first-order chi connectivity index (χ1) is 13.3. The number of carbonyl (C=O) groups is 1. The lowest BCUT2D eigenvalue weighted by molar-refractivity contribution is 0.102. The molecule has 0 fully saturated rings. The number of anilines is 2. The lowest BCUT2D eigenvalue weighted by Crippen LogP contribution is -2.14. The van der Waals surface area contributed by atoms with Crippen LogP contribution in [0, 0.1) is 6.92 Å². The van der Waals surface area contributed by atoms with Gasteiger partial charge in [-0.2, -0.15) is 0 Å². The zero-order valence-electron chi connectivity index (χ0n) is 15.3. The van der Waals surface area contributed by atoms with E-state index in [1.165, 1.54) is 6.07 Å². The summed E-state index contributed by atoms with van der Waals surface area (Å²) in [7, 11) is -3.43. The monoisotopic (exact) mass is 394 g/mol. The van der Waals surface area contributed by atoms with Gasteiger partial charge in [-0.1, -0.05) is 24.3 Å². The summed E-state index contributed by atoms with van der Waals surface area (Å²) in [6.45, 7) is 1.77. The number of hydrogen-bond acceptors (Lipinski definition) is 4. The van der Waals surface area contributed by atoms with Crippen LogP contribution in [-0.4, -0.2) is 20.6 Å². The number of rotatable bonds is 4. The molecule has 0 spiro atoms. The van der Waals surface area contributed by atoms with Gasteiger partial charge in [0.15, 0.2) is 0 Å². The van der Waals surface area contributed by atoms with Gasteiger partial charge in [0, 0.05) is 28.1 Å². The maximum absolute atomic E-state index is 12.6. The van der Waals surface area contributed by atoms with Gasteiger partial charge in [-0.15, -0.1) is 0 Å². The minimum Gasteiger partial charge on any atom is -0.456 e. The van der Waals surface area contributed by atoms with E-state index in [1.54, 1.807) is 25.1 Å². The summed E-state index contributed by atoms with van der Waals surface area (Å²) in [4.78, 5) is 12.6. The van der Waals surface area contributed by atoms with Gasteiger partial charge in [-0.3, -0.25) is 9.52 Å². The Morgan fingerprint density at radius 2 is 1.68 bits per heavy atom. The predicted octanol–water partition coefficient (Wildman–Crippen LogP) is 4.52. The SMILES string of the molecule is Cc1ccc(C(=O)Nc2ccc3c(c2)oc2ccccc23)cc1NS(C)(=O)=O. The highest BCUT2D eigenvalue weighted by Gasteiger charge is 2.12. The molecule has 1 aromatic heterocycles. The van der Waals surface area contributed by atoms with Crippen molar-refractivity contribution >= 4 is 49.2 Å². The quantitative estimate of drug-likeness (QED) is 0.533. The van der Waals surface area contributed by atoms with E-state index in [0.29, 0.717) is 22.5 Å². The van der Waals surface area contributed by atoms with Crippen molar-refractivity contribution in [1.82, 2.24) is 0 Å². The third kappa shape index (κ3) is 3.57. The molecule has 0 saturated heterocycles. The van der Waals surface area contributed by atoms with E-state index < -0.39 is 10.0 Å². The van der Waals surface area contributed by atoms with Crippen LogP contribution in [0.5, 0.6) is 0 Å². The summed E-state index contributed by atoms with van der Waals surface area (Å²) in [6.07, 6.45) is 1.07. The van der Waals surface area contributed by atoms with E-state index in [1.807, 2.05) is 36.4 Å². The summed E-state index contributed by atoms with van der Waals surface area (Å²) in [5, 5.41) is 4.82. The molecule has 4 rings (SSSR count). The van der Waals surface area contributed by atoms with Gasteiger partial charge in [-0.25, -0.2) is 8.42 Å². The van der Waals surface area contributed by atoms with E-state index in [2.05, 4.69) is 10.0 Å². The Balaban J connectivity index is 1.63. The van der Waals surface area contributed by atoms with Crippen molar-refractivity contribution in [2.75, 3.05) is 16.3 Å². The lowest BCUT2D eigenvalue weighted by Gasteiger charge is -2.10. The van der Waals surface area contributed by atoms with Gasteiger partial charge < -0.3 is 9.73 Å². The molecule has 2 N–H and O–H groups in total. The van der Waals surface area contributed by atoms with Crippen LogP contribution >= 0.6 is 0 Å². The van der Waals surface area contributed by atoms with Gasteiger partial charge in [-0.05, 0) is 42.8 Å². The molecule has 6 nitrogen and oxygen atoms in total. The Hall–Kier alpha value is -3.32. The molecule has 0 unspecified atom stereocenters. The van der Waals surface area contributed by atoms with Crippen molar-refractivity contribution in [1.29, 1.82) is 0 Å². The number of hydrogen-bond donors (Lipinski definition) is 2. The third-order valence-corrected chi connectivity index (χ3v) is 5.02. The molecule has 3 aromatic carbocycles. The van der Waals surface area contributed by atoms with E-state index in [-0.39, 0.29) is 5.91 Å². The Morgan fingerprint density at radius 3 is 2.46 bits per heavy atom. The first kappa shape index (κ1) is 18.1. The second-order valence-electron chi connectivity index (χ2n) is 6.67. The van der Waals surface area contributed by atoms with Crippen LogP contribution in [0.15, 0.2) is 65.1 Å². The van der Waals surface area contributed by atoms with Gasteiger partial charge in [0.25, 0.3) is 5.91 Å². The van der Waals surface area contributed by atoms with Crippen LogP contribution in [-0.2, 0) is 10.0 Å². The number of carbonyl (C=O) groups excluding carboxylic acids is 1. The maximum atomic E-state index is 12.6. The molecule has 0 aliphatic heterocycles. The number of furan rings is 1. The standard InChI is InChI=1S/C21H18N2O4S/c1-13-7-8-14(11-18(13)23-28(2,25)26)21(24)22-15-9-10-17-16-5-3-4-6-19(16)27-20(17)12-15/h3-12,23H,1-2H3,(H,22,24). The Kier molecular flexibility index (Phi) is 4.31. The van der Waals surface area contributed by atoms with E-state index >= 15 is 0 Å². The Morgan fingerprint density at radius 1 is 0.929 bits per heavy atom. The molecule has 0 radical (unpaired) electrons. The topological polar surface area (TPSA) is 88.4 Å². The smallest absolute Gasteiger partial charge is 0.255 e. The Labute approximate surface area is 162 Å². The first-order valence-electron chi connectivity index (χ1n) is 8.61. The fourth-order valence-corrected chi connectivity index (χ4v) is 3.70. The summed E-state index contributed by atoms with van der Waals surface area (Å²) in [5.41, 5.74) is 3.52. The second-order valence-corrected chi connectivity index (χ2v) is 8.42. The molecule has 7 heteroatoms. The second kappa shape index (κ2) is 6.69. The highest BCUT2D eigenvalue weighted by atomic mass is 32.2.